The van der Waals surface area contributed by atoms with Gasteiger partial charge in [-0.15, -0.1) is 0 Å². The number of rotatable bonds is 5. The van der Waals surface area contributed by atoms with E-state index in [0.29, 0.717) is 15.6 Å². The van der Waals surface area contributed by atoms with Gasteiger partial charge in [-0.3, -0.25) is 10.2 Å². The van der Waals surface area contributed by atoms with Gasteiger partial charge < -0.3 is 4.84 Å². The first kappa shape index (κ1) is 14.8. The number of nitrogens with one attached hydrogen (secondary N) is 1. The molecule has 1 amide bonds. The molecule has 1 aromatic carbocycles. The van der Waals surface area contributed by atoms with Crippen molar-refractivity contribution in [3.8, 4) is 0 Å². The second kappa shape index (κ2) is 7.20. The van der Waals surface area contributed by atoms with Crippen LogP contribution >= 0.6 is 23.2 Å². The summed E-state index contributed by atoms with van der Waals surface area (Å²) in [5.74, 6) is -0.303. The minimum absolute atomic E-state index is 0.184. The molecule has 0 saturated carbocycles. The smallest absolute Gasteiger partial charge is 0.275 e. The van der Waals surface area contributed by atoms with Gasteiger partial charge in [-0.1, -0.05) is 34.4 Å². The molecule has 0 unspecified atom stereocenters. The van der Waals surface area contributed by atoms with Gasteiger partial charge in [0.05, 0.1) is 16.3 Å². The molecule has 1 aromatic rings. The highest BCUT2D eigenvalue weighted by Gasteiger charge is 2.03. The van der Waals surface area contributed by atoms with Gasteiger partial charge >= 0.3 is 0 Å². The highest BCUT2D eigenvalue weighted by molar-refractivity contribution is 6.38. The number of oxime groups is 1. The van der Waals surface area contributed by atoms with Gasteiger partial charge in [-0.25, -0.2) is 5.01 Å². The standard InChI is InChI=1S/C11H13Cl2N3O2/c1-16(2)15-11(17)7-18-14-6-8-9(12)4-3-5-10(8)13/h3-6H,7H2,1-2H3,(H,15,17)/b14-6+. The molecule has 0 aromatic heterocycles. The average molecular weight is 290 g/mol. The average Bonchev–Trinajstić information content (AvgIpc) is 2.26. The summed E-state index contributed by atoms with van der Waals surface area (Å²) < 4.78 is 0. The fraction of sp³-hybridized carbons (Fsp3) is 0.273. The summed E-state index contributed by atoms with van der Waals surface area (Å²) in [5, 5.41) is 6.08. The lowest BCUT2D eigenvalue weighted by molar-refractivity contribution is -0.129. The Kier molecular flexibility index (Phi) is 5.91. The van der Waals surface area contributed by atoms with E-state index in [9.17, 15) is 4.79 Å². The van der Waals surface area contributed by atoms with Crippen LogP contribution in [0.25, 0.3) is 0 Å². The van der Waals surface area contributed by atoms with Crippen LogP contribution in [0.2, 0.25) is 10.0 Å². The van der Waals surface area contributed by atoms with Crippen molar-refractivity contribution in [3.63, 3.8) is 0 Å². The number of carbonyl (C=O) groups excluding carboxylic acids is 1. The number of carbonyl (C=O) groups is 1. The van der Waals surface area contributed by atoms with Gasteiger partial charge in [0.1, 0.15) is 0 Å². The van der Waals surface area contributed by atoms with Crippen molar-refractivity contribution < 1.29 is 9.63 Å². The van der Waals surface area contributed by atoms with Crippen LogP contribution in [0.15, 0.2) is 23.4 Å². The molecule has 0 spiro atoms. The highest BCUT2D eigenvalue weighted by atomic mass is 35.5. The molecule has 0 heterocycles. The fourth-order valence-corrected chi connectivity index (χ4v) is 1.60. The summed E-state index contributed by atoms with van der Waals surface area (Å²) >= 11 is 11.8. The number of hydrogen-bond acceptors (Lipinski definition) is 4. The monoisotopic (exact) mass is 289 g/mol. The molecule has 0 saturated heterocycles. The topological polar surface area (TPSA) is 53.9 Å². The Morgan fingerprint density at radius 3 is 2.61 bits per heavy atom. The van der Waals surface area contributed by atoms with E-state index in [0.717, 1.165) is 0 Å². The Balaban J connectivity index is 2.48. The Morgan fingerprint density at radius 1 is 1.44 bits per heavy atom. The molecule has 0 radical (unpaired) electrons. The molecule has 0 bridgehead atoms. The zero-order chi connectivity index (χ0) is 13.5. The van der Waals surface area contributed by atoms with Gasteiger partial charge in [0.25, 0.3) is 5.91 Å². The SMILES string of the molecule is CN(C)NC(=O)CO/N=C/c1c(Cl)cccc1Cl. The molecular weight excluding hydrogens is 277 g/mol. The minimum atomic E-state index is -0.303. The molecule has 1 N–H and O–H groups in total. The normalized spacial score (nSPS) is 10.9. The summed E-state index contributed by atoms with van der Waals surface area (Å²) in [4.78, 5) is 16.0. The van der Waals surface area contributed by atoms with Gasteiger partial charge in [-0.2, -0.15) is 0 Å². The second-order valence-corrected chi connectivity index (χ2v) is 4.39. The maximum Gasteiger partial charge on any atom is 0.275 e. The van der Waals surface area contributed by atoms with Gasteiger partial charge in [-0.05, 0) is 12.1 Å². The first-order valence-corrected chi connectivity index (χ1v) is 5.82. The molecule has 0 aliphatic rings. The molecule has 5 nitrogen and oxygen atoms in total. The van der Waals surface area contributed by atoms with E-state index in [4.69, 9.17) is 28.0 Å². The van der Waals surface area contributed by atoms with Crippen LogP contribution in [0.3, 0.4) is 0 Å². The maximum absolute atomic E-state index is 11.2. The molecule has 0 aliphatic carbocycles. The third kappa shape index (κ3) is 4.91. The molecule has 18 heavy (non-hydrogen) atoms. The van der Waals surface area contributed by atoms with Crippen molar-refractivity contribution in [1.82, 2.24) is 10.4 Å². The Hall–Kier alpha value is -1.30. The number of hydrogen-bond donors (Lipinski definition) is 1. The first-order chi connectivity index (χ1) is 8.50. The lowest BCUT2D eigenvalue weighted by atomic mass is 10.2. The lowest BCUT2D eigenvalue weighted by Crippen LogP contribution is -2.38. The van der Waals surface area contributed by atoms with Crippen molar-refractivity contribution in [3.05, 3.63) is 33.8 Å². The van der Waals surface area contributed by atoms with Crippen molar-refractivity contribution in [2.75, 3.05) is 20.7 Å². The zero-order valence-corrected chi connectivity index (χ0v) is 11.5. The van der Waals surface area contributed by atoms with Crippen LogP contribution in [0.5, 0.6) is 0 Å². The van der Waals surface area contributed by atoms with Crippen LogP contribution < -0.4 is 5.43 Å². The molecule has 7 heteroatoms. The second-order valence-electron chi connectivity index (χ2n) is 3.57. The Bertz CT molecular complexity index is 430. The molecular formula is C11H13Cl2N3O2. The van der Waals surface area contributed by atoms with E-state index in [-0.39, 0.29) is 12.5 Å². The van der Waals surface area contributed by atoms with Crippen molar-refractivity contribution in [2.24, 2.45) is 5.16 Å². The van der Waals surface area contributed by atoms with Crippen LogP contribution in [0, 0.1) is 0 Å². The van der Waals surface area contributed by atoms with Crippen molar-refractivity contribution in [1.29, 1.82) is 0 Å². The molecule has 1 rings (SSSR count). The highest BCUT2D eigenvalue weighted by Crippen LogP contribution is 2.22. The van der Waals surface area contributed by atoms with Crippen molar-refractivity contribution in [2.45, 2.75) is 0 Å². The van der Waals surface area contributed by atoms with Gasteiger partial charge in [0, 0.05) is 19.7 Å². The van der Waals surface area contributed by atoms with E-state index in [1.165, 1.54) is 11.2 Å². The third-order valence-electron chi connectivity index (χ3n) is 1.80. The molecule has 0 fully saturated rings. The molecule has 98 valence electrons. The van der Waals surface area contributed by atoms with E-state index in [2.05, 4.69) is 10.6 Å². The van der Waals surface area contributed by atoms with Crippen molar-refractivity contribution >= 4 is 35.3 Å². The Labute approximate surface area is 115 Å². The number of nitrogens with zero attached hydrogens (tertiary/aromatic N) is 2. The summed E-state index contributed by atoms with van der Waals surface area (Å²) in [6, 6.07) is 5.11. The first-order valence-electron chi connectivity index (χ1n) is 5.07. The van der Waals surface area contributed by atoms with Crippen LogP contribution in [-0.4, -0.2) is 37.8 Å². The number of benzene rings is 1. The van der Waals surface area contributed by atoms with Crippen LogP contribution in [0.1, 0.15) is 5.56 Å². The number of hydrazine groups is 1. The van der Waals surface area contributed by atoms with E-state index in [1.54, 1.807) is 32.3 Å². The minimum Gasteiger partial charge on any atom is -0.386 e. The van der Waals surface area contributed by atoms with Crippen LogP contribution in [0.4, 0.5) is 0 Å². The maximum atomic E-state index is 11.2. The predicted molar refractivity (Wildman–Crippen MR) is 71.8 cm³/mol. The predicted octanol–water partition coefficient (Wildman–Crippen LogP) is 1.94. The van der Waals surface area contributed by atoms with Gasteiger partial charge in [0.2, 0.25) is 0 Å². The Morgan fingerprint density at radius 2 is 2.06 bits per heavy atom. The van der Waals surface area contributed by atoms with E-state index < -0.39 is 0 Å². The van der Waals surface area contributed by atoms with E-state index >= 15 is 0 Å². The summed E-state index contributed by atoms with van der Waals surface area (Å²) in [5.41, 5.74) is 3.06. The summed E-state index contributed by atoms with van der Waals surface area (Å²) in [7, 11) is 3.40. The fourth-order valence-electron chi connectivity index (χ4n) is 1.10. The van der Waals surface area contributed by atoms with Gasteiger partial charge in [0.15, 0.2) is 6.61 Å². The lowest BCUT2D eigenvalue weighted by Gasteiger charge is -2.10. The molecule has 0 atom stereocenters. The summed E-state index contributed by atoms with van der Waals surface area (Å²) in [6.07, 6.45) is 1.37. The molecule has 0 aliphatic heterocycles. The number of amides is 1. The number of halogens is 2. The van der Waals surface area contributed by atoms with Crippen LogP contribution in [-0.2, 0) is 9.63 Å². The summed E-state index contributed by atoms with van der Waals surface area (Å²) in [6.45, 7) is -0.184. The quantitative estimate of drug-likeness (QED) is 0.666. The zero-order valence-electron chi connectivity index (χ0n) is 9.98. The largest absolute Gasteiger partial charge is 0.386 e. The third-order valence-corrected chi connectivity index (χ3v) is 2.46. The van der Waals surface area contributed by atoms with E-state index in [1.807, 2.05) is 0 Å².